The molecule has 4 rings (SSSR count). The zero-order valence-corrected chi connectivity index (χ0v) is 21.0. The van der Waals surface area contributed by atoms with E-state index in [0.717, 1.165) is 12.8 Å². The van der Waals surface area contributed by atoms with Crippen LogP contribution < -0.4 is 25.4 Å². The van der Waals surface area contributed by atoms with E-state index in [0.29, 0.717) is 48.8 Å². The van der Waals surface area contributed by atoms with Crippen LogP contribution >= 0.6 is 0 Å². The number of nitriles is 1. The minimum Gasteiger partial charge on any atom is -0.496 e. The predicted octanol–water partition coefficient (Wildman–Crippen LogP) is 1.54. The molecule has 2 aromatic rings. The van der Waals surface area contributed by atoms with Crippen LogP contribution in [-0.2, 0) is 0 Å². The fourth-order valence-electron chi connectivity index (χ4n) is 4.24. The van der Waals surface area contributed by atoms with Gasteiger partial charge in [0.05, 0.1) is 30.8 Å². The standard InChI is InChI=1S/C25H32N8O4/c1-15(12-34)30-23(35)17-11-19(32-24(31-17)37-14-25(13-26)6-7-25)33-9-4-16(5-10-33)21(27)20-18(36-2)3-8-29-22(20)28/h3,8,11,15-16,27,34H,4-7,9-10,12,14H2,1-2H3,(H2,28,29)(H,30,35)/t15-/m1/s1. The highest BCUT2D eigenvalue weighted by atomic mass is 16.5. The molecular formula is C25H32N8O4. The molecule has 0 unspecified atom stereocenters. The first-order chi connectivity index (χ1) is 17.8. The van der Waals surface area contributed by atoms with Gasteiger partial charge in [-0.2, -0.15) is 15.2 Å². The van der Waals surface area contributed by atoms with Crippen LogP contribution in [0.3, 0.4) is 0 Å². The van der Waals surface area contributed by atoms with E-state index in [4.69, 9.17) is 20.6 Å². The number of carbonyl (C=O) groups is 1. The molecule has 1 atom stereocenters. The number of nitrogens with two attached hydrogens (primary N) is 1. The number of hydrogen-bond donors (Lipinski definition) is 4. The maximum Gasteiger partial charge on any atom is 0.319 e. The number of methoxy groups -OCH3 is 1. The average Bonchev–Trinajstić information content (AvgIpc) is 3.71. The second kappa shape index (κ2) is 11.0. The highest BCUT2D eigenvalue weighted by Crippen LogP contribution is 2.45. The minimum absolute atomic E-state index is 0.0311. The van der Waals surface area contributed by atoms with Crippen LogP contribution in [0.25, 0.3) is 0 Å². The largest absolute Gasteiger partial charge is 0.496 e. The van der Waals surface area contributed by atoms with E-state index in [1.54, 1.807) is 32.4 Å². The fraction of sp³-hybridized carbons (Fsp3) is 0.520. The Hall–Kier alpha value is -3.98. The molecule has 37 heavy (non-hydrogen) atoms. The molecule has 0 radical (unpaired) electrons. The van der Waals surface area contributed by atoms with Crippen LogP contribution in [0.4, 0.5) is 11.6 Å². The van der Waals surface area contributed by atoms with E-state index in [1.165, 1.54) is 0 Å². The van der Waals surface area contributed by atoms with Gasteiger partial charge >= 0.3 is 6.01 Å². The number of aromatic nitrogens is 3. The van der Waals surface area contributed by atoms with Crippen LogP contribution in [-0.4, -0.2) is 71.1 Å². The summed E-state index contributed by atoms with van der Waals surface area (Å²) < 4.78 is 11.2. The Labute approximate surface area is 215 Å². The van der Waals surface area contributed by atoms with Crippen molar-refractivity contribution in [3.05, 3.63) is 29.6 Å². The highest BCUT2D eigenvalue weighted by molar-refractivity contribution is 6.05. The van der Waals surface area contributed by atoms with Crippen molar-refractivity contribution in [2.24, 2.45) is 11.3 Å². The molecule has 2 fully saturated rings. The third-order valence-corrected chi connectivity index (χ3v) is 6.80. The minimum atomic E-state index is -0.513. The number of amides is 1. The molecule has 12 nitrogen and oxygen atoms in total. The van der Waals surface area contributed by atoms with Gasteiger partial charge in [0.15, 0.2) is 0 Å². The van der Waals surface area contributed by atoms with Crippen LogP contribution in [0.5, 0.6) is 11.8 Å². The molecule has 1 aliphatic heterocycles. The topological polar surface area (TPSA) is 183 Å². The first kappa shape index (κ1) is 26.1. The zero-order chi connectivity index (χ0) is 26.6. The van der Waals surface area contributed by atoms with E-state index >= 15 is 0 Å². The Morgan fingerprint density at radius 2 is 2.14 bits per heavy atom. The molecule has 1 saturated carbocycles. The lowest BCUT2D eigenvalue weighted by atomic mass is 9.88. The SMILES string of the molecule is COc1ccnc(N)c1C(=N)C1CCN(c2cc(C(=O)N[C@H](C)CO)nc(OCC3(C#N)CC3)n2)CC1. The van der Waals surface area contributed by atoms with Crippen molar-refractivity contribution in [2.75, 3.05) is 44.0 Å². The number of piperidine rings is 1. The van der Waals surface area contributed by atoms with Crippen molar-refractivity contribution in [2.45, 2.75) is 38.6 Å². The Kier molecular flexibility index (Phi) is 7.73. The Bertz CT molecular complexity index is 1200. The van der Waals surface area contributed by atoms with Gasteiger partial charge in [-0.05, 0) is 38.7 Å². The first-order valence-corrected chi connectivity index (χ1v) is 12.3. The summed E-state index contributed by atoms with van der Waals surface area (Å²) in [7, 11) is 1.54. The number of aliphatic hydroxyl groups excluding tert-OH is 1. The molecule has 2 aromatic heterocycles. The maximum atomic E-state index is 12.8. The molecule has 0 bridgehead atoms. The third kappa shape index (κ3) is 5.89. The number of anilines is 2. The zero-order valence-electron chi connectivity index (χ0n) is 21.0. The van der Waals surface area contributed by atoms with E-state index in [9.17, 15) is 15.2 Å². The number of carbonyl (C=O) groups excluding carboxylic acids is 1. The summed E-state index contributed by atoms with van der Waals surface area (Å²) in [6, 6.07) is 5.15. The van der Waals surface area contributed by atoms with Crippen molar-refractivity contribution in [3.63, 3.8) is 0 Å². The number of ether oxygens (including phenoxy) is 2. The lowest BCUT2D eigenvalue weighted by molar-refractivity contribution is 0.0915. The average molecular weight is 509 g/mol. The van der Waals surface area contributed by atoms with E-state index < -0.39 is 17.4 Å². The Morgan fingerprint density at radius 3 is 2.76 bits per heavy atom. The fourth-order valence-corrected chi connectivity index (χ4v) is 4.24. The van der Waals surface area contributed by atoms with Gasteiger partial charge in [-0.1, -0.05) is 0 Å². The van der Waals surface area contributed by atoms with E-state index in [-0.39, 0.29) is 36.7 Å². The van der Waals surface area contributed by atoms with Gasteiger partial charge in [-0.25, -0.2) is 4.98 Å². The number of rotatable bonds is 10. The van der Waals surface area contributed by atoms with Gasteiger partial charge in [0, 0.05) is 43.0 Å². The summed E-state index contributed by atoms with van der Waals surface area (Å²) in [4.78, 5) is 27.7. The quantitative estimate of drug-likeness (QED) is 0.343. The van der Waals surface area contributed by atoms with Crippen LogP contribution in [0.1, 0.15) is 48.7 Å². The van der Waals surface area contributed by atoms with Crippen molar-refractivity contribution in [3.8, 4) is 17.8 Å². The van der Waals surface area contributed by atoms with Crippen molar-refractivity contribution < 1.29 is 19.4 Å². The molecule has 0 aromatic carbocycles. The number of nitrogens with one attached hydrogen (secondary N) is 2. The molecule has 1 aliphatic carbocycles. The number of pyridine rings is 1. The molecule has 196 valence electrons. The van der Waals surface area contributed by atoms with Gasteiger partial charge in [0.25, 0.3) is 5.91 Å². The molecule has 12 heteroatoms. The number of nitrogens with zero attached hydrogens (tertiary/aromatic N) is 5. The first-order valence-electron chi connectivity index (χ1n) is 12.3. The summed E-state index contributed by atoms with van der Waals surface area (Å²) in [6.07, 6.45) is 4.40. The Morgan fingerprint density at radius 1 is 1.41 bits per heavy atom. The normalized spacial score (nSPS) is 17.4. The van der Waals surface area contributed by atoms with Gasteiger partial charge in [-0.3, -0.25) is 4.79 Å². The second-order valence-corrected chi connectivity index (χ2v) is 9.58. The predicted molar refractivity (Wildman–Crippen MR) is 136 cm³/mol. The van der Waals surface area contributed by atoms with Crippen LogP contribution in [0.2, 0.25) is 0 Å². The van der Waals surface area contributed by atoms with Crippen molar-refractivity contribution >= 4 is 23.3 Å². The highest BCUT2D eigenvalue weighted by Gasteiger charge is 2.44. The van der Waals surface area contributed by atoms with Crippen molar-refractivity contribution in [1.29, 1.82) is 10.7 Å². The summed E-state index contributed by atoms with van der Waals surface area (Å²) in [6.45, 7) is 2.81. The van der Waals surface area contributed by atoms with Crippen LogP contribution in [0.15, 0.2) is 18.3 Å². The molecule has 1 amide bonds. The summed E-state index contributed by atoms with van der Waals surface area (Å²) >= 11 is 0. The monoisotopic (exact) mass is 508 g/mol. The molecule has 3 heterocycles. The smallest absolute Gasteiger partial charge is 0.319 e. The molecular weight excluding hydrogens is 476 g/mol. The molecule has 5 N–H and O–H groups in total. The number of hydrogen-bond acceptors (Lipinski definition) is 11. The third-order valence-electron chi connectivity index (χ3n) is 6.80. The van der Waals surface area contributed by atoms with Gasteiger partial charge in [0.2, 0.25) is 0 Å². The number of aliphatic hydroxyl groups is 1. The summed E-state index contributed by atoms with van der Waals surface area (Å²) in [5.74, 6) is 0.816. The lowest BCUT2D eigenvalue weighted by Gasteiger charge is -2.33. The van der Waals surface area contributed by atoms with Crippen LogP contribution in [0, 0.1) is 28.1 Å². The molecule has 1 saturated heterocycles. The molecule has 0 spiro atoms. The second-order valence-electron chi connectivity index (χ2n) is 9.58. The Balaban J connectivity index is 1.51. The van der Waals surface area contributed by atoms with Crippen molar-refractivity contribution in [1.82, 2.24) is 20.3 Å². The number of nitrogen functional groups attached to an aromatic ring is 1. The maximum absolute atomic E-state index is 12.8. The molecule has 2 aliphatic rings. The van der Waals surface area contributed by atoms with E-state index in [1.807, 2.05) is 4.90 Å². The van der Waals surface area contributed by atoms with Gasteiger partial charge in [0.1, 0.15) is 29.7 Å². The lowest BCUT2D eigenvalue weighted by Crippen LogP contribution is -2.38. The van der Waals surface area contributed by atoms with Gasteiger partial charge in [-0.15, -0.1) is 0 Å². The van der Waals surface area contributed by atoms with E-state index in [2.05, 4.69) is 26.3 Å². The summed E-state index contributed by atoms with van der Waals surface area (Å²) in [5.41, 5.74) is 6.56. The summed E-state index contributed by atoms with van der Waals surface area (Å²) in [5, 5.41) is 30.1. The van der Waals surface area contributed by atoms with Gasteiger partial charge < -0.3 is 35.9 Å².